The summed E-state index contributed by atoms with van der Waals surface area (Å²) in [6.45, 7) is 2.75. The van der Waals surface area contributed by atoms with Gasteiger partial charge in [-0.15, -0.1) is 0 Å². The monoisotopic (exact) mass is 203 g/mol. The van der Waals surface area contributed by atoms with Crippen LogP contribution in [0.15, 0.2) is 17.6 Å². The molecule has 1 aliphatic carbocycles. The van der Waals surface area contributed by atoms with E-state index in [1.807, 2.05) is 13.3 Å². The Labute approximate surface area is 86.9 Å². The molecule has 1 fully saturated rings. The van der Waals surface area contributed by atoms with Crippen molar-refractivity contribution in [2.45, 2.75) is 25.8 Å². The van der Waals surface area contributed by atoms with Gasteiger partial charge in [0.05, 0.1) is 12.7 Å². The summed E-state index contributed by atoms with van der Waals surface area (Å²) in [5.41, 5.74) is 2.69. The molecule has 3 rings (SSSR count). The largest absolute Gasteiger partial charge is 0.340 e. The van der Waals surface area contributed by atoms with Crippen LogP contribution in [0.2, 0.25) is 0 Å². The van der Waals surface area contributed by atoms with Gasteiger partial charge in [0.15, 0.2) is 11.1 Å². The third kappa shape index (κ3) is 1.35. The number of rotatable bonds is 2. The van der Waals surface area contributed by atoms with E-state index in [2.05, 4.69) is 24.5 Å². The number of imidazole rings is 1. The van der Waals surface area contributed by atoms with Gasteiger partial charge in [0, 0.05) is 12.6 Å². The Balaban J connectivity index is 2.30. The van der Waals surface area contributed by atoms with Crippen molar-refractivity contribution in [3.63, 3.8) is 0 Å². The van der Waals surface area contributed by atoms with E-state index in [-0.39, 0.29) is 0 Å². The zero-order valence-electron chi connectivity index (χ0n) is 8.64. The molecule has 0 radical (unpaired) electrons. The van der Waals surface area contributed by atoms with Crippen molar-refractivity contribution in [1.29, 1.82) is 0 Å². The van der Waals surface area contributed by atoms with Crippen LogP contribution in [0.3, 0.4) is 0 Å². The van der Waals surface area contributed by atoms with Crippen molar-refractivity contribution in [2.24, 2.45) is 4.99 Å². The van der Waals surface area contributed by atoms with Gasteiger partial charge in [-0.3, -0.25) is 4.99 Å². The number of hydrogen-bond donors (Lipinski definition) is 1. The predicted octanol–water partition coefficient (Wildman–Crippen LogP) is 1.01. The second-order valence-corrected chi connectivity index (χ2v) is 3.78. The Bertz CT molecular complexity index is 546. The molecule has 1 saturated carbocycles. The highest BCUT2D eigenvalue weighted by atomic mass is 15.2. The van der Waals surface area contributed by atoms with Crippen LogP contribution in [0.4, 0.5) is 0 Å². The number of nitrogens with one attached hydrogen (secondary N) is 1. The fourth-order valence-corrected chi connectivity index (χ4v) is 1.77. The topological polar surface area (TPSA) is 58.9 Å². The van der Waals surface area contributed by atoms with Gasteiger partial charge in [-0.2, -0.15) is 0 Å². The van der Waals surface area contributed by atoms with Gasteiger partial charge in [0.1, 0.15) is 5.52 Å². The SMILES string of the molecule is CCN=c1ncn(C2CC2)c2nc[nH]c12. The van der Waals surface area contributed by atoms with E-state index in [4.69, 9.17) is 0 Å². The molecule has 1 aliphatic rings. The maximum absolute atomic E-state index is 4.36. The number of hydrogen-bond acceptors (Lipinski definition) is 3. The van der Waals surface area contributed by atoms with Gasteiger partial charge < -0.3 is 9.55 Å². The normalized spacial score (nSPS) is 17.5. The third-order valence-corrected chi connectivity index (χ3v) is 2.64. The average molecular weight is 203 g/mol. The number of aromatic amines is 1. The van der Waals surface area contributed by atoms with E-state index in [1.165, 1.54) is 12.8 Å². The summed E-state index contributed by atoms with van der Waals surface area (Å²) < 4.78 is 2.14. The highest BCUT2D eigenvalue weighted by molar-refractivity contribution is 5.68. The molecule has 0 aromatic carbocycles. The molecule has 0 atom stereocenters. The van der Waals surface area contributed by atoms with Crippen molar-refractivity contribution in [1.82, 2.24) is 19.5 Å². The molecule has 0 bridgehead atoms. The third-order valence-electron chi connectivity index (χ3n) is 2.64. The van der Waals surface area contributed by atoms with Crippen molar-refractivity contribution in [3.8, 4) is 0 Å². The zero-order chi connectivity index (χ0) is 10.3. The molecule has 0 unspecified atom stereocenters. The predicted molar refractivity (Wildman–Crippen MR) is 56.3 cm³/mol. The summed E-state index contributed by atoms with van der Waals surface area (Å²) in [6, 6.07) is 0.596. The smallest absolute Gasteiger partial charge is 0.176 e. The molecule has 78 valence electrons. The molecular weight excluding hydrogens is 190 g/mol. The Morgan fingerprint density at radius 1 is 1.53 bits per heavy atom. The van der Waals surface area contributed by atoms with E-state index in [1.54, 1.807) is 6.33 Å². The number of nitrogens with zero attached hydrogens (tertiary/aromatic N) is 4. The van der Waals surface area contributed by atoms with Gasteiger partial charge >= 0.3 is 0 Å². The zero-order valence-corrected chi connectivity index (χ0v) is 8.64. The first-order valence-corrected chi connectivity index (χ1v) is 5.31. The van der Waals surface area contributed by atoms with Crippen molar-refractivity contribution >= 4 is 11.2 Å². The van der Waals surface area contributed by atoms with E-state index < -0.39 is 0 Å². The quantitative estimate of drug-likeness (QED) is 0.792. The van der Waals surface area contributed by atoms with Crippen LogP contribution < -0.4 is 5.49 Å². The number of fused-ring (bicyclic) bond motifs is 1. The van der Waals surface area contributed by atoms with Crippen molar-refractivity contribution in [2.75, 3.05) is 6.54 Å². The first-order chi connectivity index (χ1) is 7.40. The maximum Gasteiger partial charge on any atom is 0.176 e. The molecule has 5 nitrogen and oxygen atoms in total. The van der Waals surface area contributed by atoms with Crippen LogP contribution in [0, 0.1) is 0 Å². The molecule has 0 aliphatic heterocycles. The highest BCUT2D eigenvalue weighted by Crippen LogP contribution is 2.35. The van der Waals surface area contributed by atoms with Crippen LogP contribution in [0.5, 0.6) is 0 Å². The van der Waals surface area contributed by atoms with E-state index in [9.17, 15) is 0 Å². The Hall–Kier alpha value is -1.65. The fourth-order valence-electron chi connectivity index (χ4n) is 1.77. The van der Waals surface area contributed by atoms with Crippen molar-refractivity contribution in [3.05, 3.63) is 18.1 Å². The van der Waals surface area contributed by atoms with Crippen molar-refractivity contribution < 1.29 is 0 Å². The summed E-state index contributed by atoms with van der Waals surface area (Å²) in [5, 5.41) is 0. The molecule has 15 heavy (non-hydrogen) atoms. The lowest BCUT2D eigenvalue weighted by molar-refractivity contribution is 0.733. The lowest BCUT2D eigenvalue weighted by Gasteiger charge is -2.03. The lowest BCUT2D eigenvalue weighted by atomic mass is 10.5. The van der Waals surface area contributed by atoms with Crippen LogP contribution in [-0.4, -0.2) is 26.1 Å². The summed E-state index contributed by atoms with van der Waals surface area (Å²) in [4.78, 5) is 16.1. The highest BCUT2D eigenvalue weighted by Gasteiger charge is 2.25. The van der Waals surface area contributed by atoms with Gasteiger partial charge in [-0.05, 0) is 19.8 Å². The molecular formula is C10H13N5. The lowest BCUT2D eigenvalue weighted by Crippen LogP contribution is -2.14. The average Bonchev–Trinajstić information content (AvgIpc) is 2.96. The summed E-state index contributed by atoms with van der Waals surface area (Å²) in [6.07, 6.45) is 6.03. The summed E-state index contributed by atoms with van der Waals surface area (Å²) in [7, 11) is 0. The van der Waals surface area contributed by atoms with Gasteiger partial charge in [0.25, 0.3) is 0 Å². The molecule has 2 heterocycles. The minimum Gasteiger partial charge on any atom is -0.340 e. The molecule has 2 aromatic heterocycles. The second kappa shape index (κ2) is 3.18. The van der Waals surface area contributed by atoms with Gasteiger partial charge in [-0.25, -0.2) is 9.97 Å². The fraction of sp³-hybridized carbons (Fsp3) is 0.500. The van der Waals surface area contributed by atoms with Gasteiger partial charge in [0.2, 0.25) is 0 Å². The molecule has 2 aromatic rings. The van der Waals surface area contributed by atoms with Crippen LogP contribution in [0.1, 0.15) is 25.8 Å². The number of H-pyrrole nitrogens is 1. The maximum atomic E-state index is 4.36. The second-order valence-electron chi connectivity index (χ2n) is 3.78. The minimum atomic E-state index is 0.596. The standard InChI is InChI=1S/C10H13N5/c1-2-11-9-8-10(13-5-12-8)15(6-14-9)7-3-4-7/h5-7H,2-4H2,1H3,(H,12,13). The molecule has 5 heteroatoms. The van der Waals surface area contributed by atoms with E-state index in [0.29, 0.717) is 6.04 Å². The first-order valence-electron chi connectivity index (χ1n) is 5.31. The Kier molecular flexibility index (Phi) is 1.83. The molecule has 0 saturated heterocycles. The molecule has 0 amide bonds. The van der Waals surface area contributed by atoms with Crippen LogP contribution in [0.25, 0.3) is 11.2 Å². The molecule has 1 N–H and O–H groups in total. The Morgan fingerprint density at radius 2 is 2.40 bits per heavy atom. The molecule has 0 spiro atoms. The summed E-state index contributed by atoms with van der Waals surface area (Å²) in [5.74, 6) is 0. The van der Waals surface area contributed by atoms with Crippen LogP contribution in [-0.2, 0) is 0 Å². The first kappa shape index (κ1) is 8.64. The number of aromatic nitrogens is 4. The Morgan fingerprint density at radius 3 is 3.13 bits per heavy atom. The minimum absolute atomic E-state index is 0.596. The van der Waals surface area contributed by atoms with Gasteiger partial charge in [-0.1, -0.05) is 0 Å². The van der Waals surface area contributed by atoms with E-state index in [0.717, 1.165) is 23.2 Å². The van der Waals surface area contributed by atoms with E-state index >= 15 is 0 Å². The summed E-state index contributed by atoms with van der Waals surface area (Å²) >= 11 is 0. The van der Waals surface area contributed by atoms with Crippen LogP contribution >= 0.6 is 0 Å².